The van der Waals surface area contributed by atoms with Crippen molar-refractivity contribution in [2.24, 2.45) is 5.92 Å². The lowest BCUT2D eigenvalue weighted by atomic mass is 9.93. The zero-order valence-corrected chi connectivity index (χ0v) is 12.8. The van der Waals surface area contributed by atoms with E-state index in [1.807, 2.05) is 12.3 Å². The van der Waals surface area contributed by atoms with Gasteiger partial charge in [-0.25, -0.2) is 4.98 Å². The third-order valence-electron chi connectivity index (χ3n) is 4.25. The Balaban J connectivity index is 1.55. The van der Waals surface area contributed by atoms with Crippen LogP contribution in [0, 0.1) is 5.92 Å². The minimum Gasteiger partial charge on any atom is -0.378 e. The second-order valence-electron chi connectivity index (χ2n) is 5.82. The number of hydrogen-bond donors (Lipinski definition) is 1. The minimum atomic E-state index is 0.130. The molecule has 1 aromatic rings. The maximum atomic E-state index is 12.2. The number of hydrogen-bond acceptors (Lipinski definition) is 4. The molecule has 2 heterocycles. The van der Waals surface area contributed by atoms with E-state index in [1.165, 1.54) is 0 Å². The number of morpholine rings is 1. The van der Waals surface area contributed by atoms with Gasteiger partial charge in [0.05, 0.1) is 13.2 Å². The zero-order valence-electron chi connectivity index (χ0n) is 12.8. The highest BCUT2D eigenvalue weighted by atomic mass is 16.5. The zero-order chi connectivity index (χ0) is 15.2. The summed E-state index contributed by atoms with van der Waals surface area (Å²) in [6, 6.07) is 4.03. The smallest absolute Gasteiger partial charge is 0.223 e. The highest BCUT2D eigenvalue weighted by Gasteiger charge is 2.18. The number of allylic oxidation sites excluding steroid dienone is 2. The summed E-state index contributed by atoms with van der Waals surface area (Å²) in [5.41, 5.74) is 1.09. The van der Waals surface area contributed by atoms with E-state index >= 15 is 0 Å². The molecule has 1 saturated heterocycles. The van der Waals surface area contributed by atoms with Crippen molar-refractivity contribution < 1.29 is 9.53 Å². The number of carbonyl (C=O) groups is 1. The van der Waals surface area contributed by atoms with Crippen molar-refractivity contribution >= 4 is 11.7 Å². The molecule has 2 aliphatic rings. The average Bonchev–Trinajstić information content (AvgIpc) is 2.61. The Morgan fingerprint density at radius 1 is 1.36 bits per heavy atom. The Bertz CT molecular complexity index is 538. The van der Waals surface area contributed by atoms with Crippen LogP contribution in [0.2, 0.25) is 0 Å². The minimum absolute atomic E-state index is 0.130. The maximum Gasteiger partial charge on any atom is 0.223 e. The fraction of sp³-hybridized carbons (Fsp3) is 0.529. The van der Waals surface area contributed by atoms with Crippen molar-refractivity contribution in [1.82, 2.24) is 10.3 Å². The van der Waals surface area contributed by atoms with Gasteiger partial charge in [-0.1, -0.05) is 12.2 Å². The summed E-state index contributed by atoms with van der Waals surface area (Å²) in [6.07, 6.45) is 8.90. The Morgan fingerprint density at radius 3 is 3.00 bits per heavy atom. The largest absolute Gasteiger partial charge is 0.378 e. The summed E-state index contributed by atoms with van der Waals surface area (Å²) in [4.78, 5) is 18.8. The van der Waals surface area contributed by atoms with E-state index in [4.69, 9.17) is 4.74 Å². The quantitative estimate of drug-likeness (QED) is 0.863. The normalized spacial score (nSPS) is 21.6. The van der Waals surface area contributed by atoms with E-state index in [0.717, 1.165) is 56.9 Å². The van der Waals surface area contributed by atoms with Crippen LogP contribution in [0.15, 0.2) is 30.5 Å². The second kappa shape index (κ2) is 7.40. The van der Waals surface area contributed by atoms with Crippen LogP contribution in [0.25, 0.3) is 0 Å². The third-order valence-corrected chi connectivity index (χ3v) is 4.25. The Labute approximate surface area is 131 Å². The molecule has 0 unspecified atom stereocenters. The summed E-state index contributed by atoms with van der Waals surface area (Å²) in [6.45, 7) is 3.81. The van der Waals surface area contributed by atoms with Gasteiger partial charge in [-0.3, -0.25) is 4.79 Å². The number of anilines is 1. The molecule has 5 nitrogen and oxygen atoms in total. The molecule has 5 heteroatoms. The number of nitrogens with zero attached hydrogens (tertiary/aromatic N) is 2. The van der Waals surface area contributed by atoms with Crippen molar-refractivity contribution in [1.29, 1.82) is 0 Å². The first-order chi connectivity index (χ1) is 10.8. The summed E-state index contributed by atoms with van der Waals surface area (Å²) < 4.78 is 5.37. The van der Waals surface area contributed by atoms with Gasteiger partial charge in [0.15, 0.2) is 0 Å². The molecule has 0 radical (unpaired) electrons. The molecule has 0 aromatic carbocycles. The first-order valence-electron chi connectivity index (χ1n) is 8.03. The molecular weight excluding hydrogens is 278 g/mol. The fourth-order valence-electron chi connectivity index (χ4n) is 2.90. The summed E-state index contributed by atoms with van der Waals surface area (Å²) in [5, 5.41) is 3.05. The molecule has 1 amide bonds. The second-order valence-corrected chi connectivity index (χ2v) is 5.82. The van der Waals surface area contributed by atoms with Crippen molar-refractivity contribution in [3.8, 4) is 0 Å². The molecule has 3 rings (SSSR count). The number of nitrogens with one attached hydrogen (secondary N) is 1. The first kappa shape index (κ1) is 15.0. The highest BCUT2D eigenvalue weighted by Crippen LogP contribution is 2.18. The monoisotopic (exact) mass is 301 g/mol. The van der Waals surface area contributed by atoms with Crippen LogP contribution in [0.1, 0.15) is 24.8 Å². The molecular formula is C17H23N3O2. The van der Waals surface area contributed by atoms with E-state index < -0.39 is 0 Å². The lowest BCUT2D eigenvalue weighted by Gasteiger charge is -2.28. The molecule has 1 fully saturated rings. The lowest BCUT2D eigenvalue weighted by Crippen LogP contribution is -2.36. The van der Waals surface area contributed by atoms with Gasteiger partial charge < -0.3 is 15.0 Å². The van der Waals surface area contributed by atoms with Crippen molar-refractivity contribution in [3.63, 3.8) is 0 Å². The molecule has 1 aromatic heterocycles. The van der Waals surface area contributed by atoms with E-state index in [9.17, 15) is 4.79 Å². The Kier molecular flexibility index (Phi) is 5.06. The molecule has 0 saturated carbocycles. The summed E-state index contributed by atoms with van der Waals surface area (Å²) in [5.74, 6) is 1.26. The fourth-order valence-corrected chi connectivity index (χ4v) is 2.90. The van der Waals surface area contributed by atoms with Crippen molar-refractivity contribution in [2.45, 2.75) is 25.8 Å². The van der Waals surface area contributed by atoms with Gasteiger partial charge in [0, 0.05) is 31.7 Å². The topological polar surface area (TPSA) is 54.5 Å². The maximum absolute atomic E-state index is 12.2. The molecule has 22 heavy (non-hydrogen) atoms. The van der Waals surface area contributed by atoms with E-state index in [1.54, 1.807) is 0 Å². The van der Waals surface area contributed by atoms with Gasteiger partial charge in [-0.15, -0.1) is 0 Å². The third kappa shape index (κ3) is 3.85. The Morgan fingerprint density at radius 2 is 2.23 bits per heavy atom. The van der Waals surface area contributed by atoms with Crippen LogP contribution in [-0.2, 0) is 16.1 Å². The summed E-state index contributed by atoms with van der Waals surface area (Å²) in [7, 11) is 0. The first-order valence-corrected chi connectivity index (χ1v) is 8.03. The number of ether oxygens (including phenoxy) is 1. The van der Waals surface area contributed by atoms with Gasteiger partial charge in [0.2, 0.25) is 5.91 Å². The predicted octanol–water partition coefficient (Wildman–Crippen LogP) is 1.89. The predicted molar refractivity (Wildman–Crippen MR) is 85.6 cm³/mol. The molecule has 1 atom stereocenters. The van der Waals surface area contributed by atoms with E-state index in [2.05, 4.69) is 33.4 Å². The molecule has 1 aliphatic carbocycles. The van der Waals surface area contributed by atoms with Crippen LogP contribution >= 0.6 is 0 Å². The van der Waals surface area contributed by atoms with Crippen LogP contribution in [-0.4, -0.2) is 37.2 Å². The number of pyridine rings is 1. The van der Waals surface area contributed by atoms with Crippen molar-refractivity contribution in [2.75, 3.05) is 31.2 Å². The van der Waals surface area contributed by atoms with Crippen molar-refractivity contribution in [3.05, 3.63) is 36.0 Å². The Hall–Kier alpha value is -1.88. The van der Waals surface area contributed by atoms with E-state index in [-0.39, 0.29) is 11.8 Å². The lowest BCUT2D eigenvalue weighted by molar-refractivity contribution is -0.125. The number of carbonyl (C=O) groups excluding carboxylic acids is 1. The molecule has 1 N–H and O–H groups in total. The number of amides is 1. The number of rotatable bonds is 4. The molecule has 0 bridgehead atoms. The molecule has 1 aliphatic heterocycles. The standard InChI is InChI=1S/C17H23N3O2/c21-17(15-4-2-1-3-5-15)19-13-14-6-7-18-16(12-14)20-8-10-22-11-9-20/h1-2,6-7,12,15H,3-5,8-11,13H2,(H,19,21)/t15-/m0/s1. The summed E-state index contributed by atoms with van der Waals surface area (Å²) >= 11 is 0. The van der Waals surface area contributed by atoms with Gasteiger partial charge in [-0.2, -0.15) is 0 Å². The number of aromatic nitrogens is 1. The van der Waals surface area contributed by atoms with Gasteiger partial charge >= 0.3 is 0 Å². The SMILES string of the molecule is O=C(NCc1ccnc(N2CCOCC2)c1)[C@H]1CC=CCC1. The molecule has 0 spiro atoms. The van der Waals surface area contributed by atoms with Crippen LogP contribution in [0.4, 0.5) is 5.82 Å². The van der Waals surface area contributed by atoms with Gasteiger partial charge in [0.1, 0.15) is 5.82 Å². The van der Waals surface area contributed by atoms with Gasteiger partial charge in [0.25, 0.3) is 0 Å². The average molecular weight is 301 g/mol. The van der Waals surface area contributed by atoms with E-state index in [0.29, 0.717) is 6.54 Å². The van der Waals surface area contributed by atoms with Crippen LogP contribution < -0.4 is 10.2 Å². The highest BCUT2D eigenvalue weighted by molar-refractivity contribution is 5.79. The molecule has 118 valence electrons. The van der Waals surface area contributed by atoms with Gasteiger partial charge in [-0.05, 0) is 37.0 Å². The van der Waals surface area contributed by atoms with Crippen LogP contribution in [0.5, 0.6) is 0 Å². The van der Waals surface area contributed by atoms with Crippen LogP contribution in [0.3, 0.4) is 0 Å².